The molecule has 3 N–H and O–H groups in total. The lowest BCUT2D eigenvalue weighted by Gasteiger charge is -2.35. The maximum absolute atomic E-state index is 13.5. The van der Waals surface area contributed by atoms with Gasteiger partial charge in [-0.2, -0.15) is 0 Å². The lowest BCUT2D eigenvalue weighted by molar-refractivity contribution is -0.144. The summed E-state index contributed by atoms with van der Waals surface area (Å²) in [4.78, 5) is 53.2. The van der Waals surface area contributed by atoms with Gasteiger partial charge >= 0.3 is 0 Å². The van der Waals surface area contributed by atoms with E-state index in [9.17, 15) is 19.2 Å². The first-order valence-electron chi connectivity index (χ1n) is 12.6. The number of benzene rings is 1. The molecule has 0 aromatic heterocycles. The Morgan fingerprint density at radius 3 is 2.57 bits per heavy atom. The van der Waals surface area contributed by atoms with Gasteiger partial charge in [-0.05, 0) is 71.2 Å². The van der Waals surface area contributed by atoms with Crippen molar-refractivity contribution in [1.29, 1.82) is 0 Å². The fourth-order valence-corrected chi connectivity index (χ4v) is 4.84. The van der Waals surface area contributed by atoms with Gasteiger partial charge in [-0.25, -0.2) is 0 Å². The third-order valence-electron chi connectivity index (χ3n) is 6.88. The molecule has 2 fully saturated rings. The van der Waals surface area contributed by atoms with Crippen molar-refractivity contribution in [2.45, 2.75) is 90.0 Å². The molecule has 4 unspecified atom stereocenters. The molecule has 0 saturated carbocycles. The van der Waals surface area contributed by atoms with Crippen LogP contribution in [0.5, 0.6) is 0 Å². The molecule has 2 saturated heterocycles. The van der Waals surface area contributed by atoms with E-state index in [-0.39, 0.29) is 36.1 Å². The van der Waals surface area contributed by atoms with Crippen molar-refractivity contribution >= 4 is 23.5 Å². The van der Waals surface area contributed by atoms with Crippen LogP contribution in [0.1, 0.15) is 75.2 Å². The molecule has 2 aliphatic heterocycles. The van der Waals surface area contributed by atoms with E-state index in [1.165, 1.54) is 0 Å². The molecule has 0 bridgehead atoms. The Morgan fingerprint density at radius 2 is 1.86 bits per heavy atom. The number of nitrogens with zero attached hydrogens (tertiary/aromatic N) is 1. The number of hydrogen-bond donors (Lipinski definition) is 3. The van der Waals surface area contributed by atoms with Crippen LogP contribution in [0.4, 0.5) is 0 Å². The number of hydrogen-bond acceptors (Lipinski definition) is 5. The van der Waals surface area contributed by atoms with Crippen molar-refractivity contribution in [3.8, 4) is 0 Å². The molecule has 1 aromatic rings. The van der Waals surface area contributed by atoms with Crippen LogP contribution in [0.2, 0.25) is 0 Å². The van der Waals surface area contributed by atoms with Gasteiger partial charge in [-0.15, -0.1) is 0 Å². The minimum absolute atomic E-state index is 0.0182. The maximum atomic E-state index is 13.5. The van der Waals surface area contributed by atoms with Crippen molar-refractivity contribution in [3.63, 3.8) is 0 Å². The van der Waals surface area contributed by atoms with E-state index in [1.807, 2.05) is 19.9 Å². The third kappa shape index (κ3) is 6.78. The molecule has 1 aromatic carbocycles. The van der Waals surface area contributed by atoms with Gasteiger partial charge in [0.25, 0.3) is 0 Å². The first-order valence-corrected chi connectivity index (χ1v) is 12.6. The van der Waals surface area contributed by atoms with Gasteiger partial charge in [0.2, 0.25) is 17.7 Å². The number of ketones is 1. The van der Waals surface area contributed by atoms with Crippen LogP contribution in [0, 0.1) is 0 Å². The monoisotopic (exact) mass is 482 g/mol. The lowest BCUT2D eigenvalue weighted by atomic mass is 9.98. The van der Waals surface area contributed by atoms with Crippen LogP contribution >= 0.6 is 0 Å². The highest BCUT2D eigenvalue weighted by Gasteiger charge is 2.43. The van der Waals surface area contributed by atoms with Crippen molar-refractivity contribution in [2.75, 3.05) is 7.05 Å². The van der Waals surface area contributed by atoms with E-state index in [0.29, 0.717) is 18.4 Å². The quantitative estimate of drug-likeness (QED) is 0.390. The van der Waals surface area contributed by atoms with E-state index in [2.05, 4.69) is 16.0 Å². The smallest absolute Gasteiger partial charge is 0.246 e. The summed E-state index contributed by atoms with van der Waals surface area (Å²) in [5.41, 5.74) is 2.33. The molecule has 8 heteroatoms. The van der Waals surface area contributed by atoms with Crippen LogP contribution < -0.4 is 16.0 Å². The number of likely N-dealkylation sites (N-methyl/N-ethyl adjacent to an activating group) is 1. The van der Waals surface area contributed by atoms with Crippen LogP contribution in [0.15, 0.2) is 35.9 Å². The average Bonchev–Trinajstić information content (AvgIpc) is 3.25. The van der Waals surface area contributed by atoms with Crippen LogP contribution in [0.3, 0.4) is 0 Å². The number of carbonyl (C=O) groups excluding carboxylic acids is 4. The van der Waals surface area contributed by atoms with Crippen molar-refractivity contribution in [1.82, 2.24) is 20.9 Å². The topological polar surface area (TPSA) is 108 Å². The van der Waals surface area contributed by atoms with E-state index in [1.54, 1.807) is 43.1 Å². The Balaban J connectivity index is 1.68. The fourth-order valence-electron chi connectivity index (χ4n) is 4.84. The summed E-state index contributed by atoms with van der Waals surface area (Å²) in [7, 11) is 1.70. The highest BCUT2D eigenvalue weighted by atomic mass is 16.2. The van der Waals surface area contributed by atoms with Gasteiger partial charge < -0.3 is 20.9 Å². The second-order valence-corrected chi connectivity index (χ2v) is 9.85. The zero-order chi connectivity index (χ0) is 25.5. The Kier molecular flexibility index (Phi) is 9.20. The molecule has 0 radical (unpaired) electrons. The number of carbonyl (C=O) groups is 4. The second kappa shape index (κ2) is 12.1. The molecule has 2 heterocycles. The number of amides is 3. The lowest BCUT2D eigenvalue weighted by Crippen LogP contribution is -2.57. The van der Waals surface area contributed by atoms with Crippen molar-refractivity contribution in [2.24, 2.45) is 0 Å². The summed E-state index contributed by atoms with van der Waals surface area (Å²) in [6.45, 7) is 5.78. The molecule has 3 rings (SSSR count). The summed E-state index contributed by atoms with van der Waals surface area (Å²) in [6, 6.07) is 5.67. The molecular weight excluding hydrogens is 444 g/mol. The highest BCUT2D eigenvalue weighted by Crippen LogP contribution is 2.31. The molecule has 2 aliphatic rings. The Morgan fingerprint density at radius 1 is 1.11 bits per heavy atom. The maximum Gasteiger partial charge on any atom is 0.246 e. The van der Waals surface area contributed by atoms with Gasteiger partial charge in [-0.1, -0.05) is 36.6 Å². The van der Waals surface area contributed by atoms with Crippen LogP contribution in [-0.2, 0) is 20.9 Å². The Labute approximate surface area is 207 Å². The van der Waals surface area contributed by atoms with E-state index < -0.39 is 18.1 Å². The molecule has 190 valence electrons. The first-order chi connectivity index (χ1) is 16.7. The van der Waals surface area contributed by atoms with Gasteiger partial charge in [-0.3, -0.25) is 19.2 Å². The van der Waals surface area contributed by atoms with Crippen LogP contribution in [-0.4, -0.2) is 59.6 Å². The Hall–Kier alpha value is -3.00. The molecule has 4 atom stereocenters. The largest absolute Gasteiger partial charge is 0.350 e. The third-order valence-corrected chi connectivity index (χ3v) is 6.88. The van der Waals surface area contributed by atoms with Gasteiger partial charge in [0, 0.05) is 18.2 Å². The summed E-state index contributed by atoms with van der Waals surface area (Å²) in [5.74, 6) is -0.649. The average molecular weight is 483 g/mol. The SMILES string of the molecule is CNC(C)C(=O)NC1CCCCC2CCC(C(=O)NCc3cccc(C(=O)C=C(C)C)c3)N2C1=O. The predicted octanol–water partition coefficient (Wildman–Crippen LogP) is 2.48. The predicted molar refractivity (Wildman–Crippen MR) is 135 cm³/mol. The van der Waals surface area contributed by atoms with Crippen molar-refractivity contribution in [3.05, 3.63) is 47.0 Å². The summed E-state index contributed by atoms with van der Waals surface area (Å²) in [6.07, 6.45) is 6.26. The standard InChI is InChI=1S/C27H38N4O4/c1-17(2)14-24(32)20-9-7-8-19(15-20)16-29-26(34)23-13-12-21-10-5-6-11-22(27(35)31(21)23)30-25(33)18(3)28-4/h7-9,14-15,18,21-23,28H,5-6,10-13,16H2,1-4H3,(H,29,34)(H,30,33). The minimum Gasteiger partial charge on any atom is -0.350 e. The number of fused-ring (bicyclic) bond motifs is 1. The fraction of sp³-hybridized carbons (Fsp3) is 0.556. The molecular formula is C27H38N4O4. The van der Waals surface area contributed by atoms with E-state index >= 15 is 0 Å². The molecule has 0 aliphatic carbocycles. The van der Waals surface area contributed by atoms with Gasteiger partial charge in [0.05, 0.1) is 6.04 Å². The zero-order valence-electron chi connectivity index (χ0n) is 21.2. The van der Waals surface area contributed by atoms with Crippen LogP contribution in [0.25, 0.3) is 0 Å². The minimum atomic E-state index is -0.618. The molecule has 8 nitrogen and oxygen atoms in total. The molecule has 35 heavy (non-hydrogen) atoms. The first kappa shape index (κ1) is 26.6. The zero-order valence-corrected chi connectivity index (χ0v) is 21.2. The number of nitrogens with one attached hydrogen (secondary N) is 3. The highest BCUT2D eigenvalue weighted by molar-refractivity contribution is 6.05. The Bertz CT molecular complexity index is 985. The van der Waals surface area contributed by atoms with E-state index in [4.69, 9.17) is 0 Å². The van der Waals surface area contributed by atoms with Gasteiger partial charge in [0.1, 0.15) is 12.1 Å². The van der Waals surface area contributed by atoms with Gasteiger partial charge in [0.15, 0.2) is 5.78 Å². The summed E-state index contributed by atoms with van der Waals surface area (Å²) in [5, 5.41) is 8.75. The summed E-state index contributed by atoms with van der Waals surface area (Å²) >= 11 is 0. The number of rotatable bonds is 8. The summed E-state index contributed by atoms with van der Waals surface area (Å²) < 4.78 is 0. The number of allylic oxidation sites excluding steroid dienone is 2. The normalized spacial score (nSPS) is 22.9. The van der Waals surface area contributed by atoms with Crippen molar-refractivity contribution < 1.29 is 19.2 Å². The second-order valence-electron chi connectivity index (χ2n) is 9.85. The van der Waals surface area contributed by atoms with E-state index in [0.717, 1.165) is 36.8 Å². The molecule has 0 spiro atoms. The molecule has 3 amide bonds.